The van der Waals surface area contributed by atoms with E-state index in [1.165, 1.54) is 0 Å². The van der Waals surface area contributed by atoms with E-state index in [2.05, 4.69) is 215 Å². The van der Waals surface area contributed by atoms with E-state index in [0.717, 1.165) is 128 Å². The summed E-state index contributed by atoms with van der Waals surface area (Å²) in [4.78, 5) is 38.1. The zero-order valence-corrected chi connectivity index (χ0v) is 47.0. The van der Waals surface area contributed by atoms with Crippen LogP contribution in [0.5, 0.6) is 0 Å². The summed E-state index contributed by atoms with van der Waals surface area (Å²) in [5.74, 6) is -1.16. The van der Waals surface area contributed by atoms with Crippen molar-refractivity contribution in [1.82, 2.24) is 0 Å². The third-order valence-electron chi connectivity index (χ3n) is 10.8. The average molecular weight is 1030 g/mol. The van der Waals surface area contributed by atoms with Crippen LogP contribution in [0.1, 0.15) is 188 Å². The van der Waals surface area contributed by atoms with Gasteiger partial charge in [0.2, 0.25) is 0 Å². The van der Waals surface area contributed by atoms with Crippen LogP contribution in [0.3, 0.4) is 0 Å². The highest BCUT2D eigenvalue weighted by atomic mass is 16.6. The van der Waals surface area contributed by atoms with Gasteiger partial charge in [-0.25, -0.2) is 0 Å². The minimum atomic E-state index is -0.875. The number of ether oxygens (including phenoxy) is 3. The standard InChI is InChI=1S/C69H100O6/c1-4-7-10-13-16-19-22-25-28-31-33-34-36-38-41-44-47-50-53-56-59-62-68(71)74-65-66(64-73-67(70)61-58-55-52-49-46-43-40-37-30-27-24-21-18-15-12-9-6-3)75-69(72)63-60-57-54-51-48-45-42-39-35-32-29-26-23-20-17-14-11-8-5-2/h7-12,16-21,25-30,33-35,38-41,43,45,47-50,52,54,57,66H,4-6,13-15,22-24,31-32,36-37,42,44,46,51,53,55-56,58-65H2,1-3H3/b10-7-,11-8-,12-9-,19-16-,20-17-,21-18-,28-25-,29-26-,30-27-,34-33-,39-35-,41-38-,43-40-,48-45-,50-47-,52-49-,57-54-. The van der Waals surface area contributed by atoms with Gasteiger partial charge in [0.1, 0.15) is 13.2 Å². The number of hydrogen-bond donors (Lipinski definition) is 0. The first kappa shape index (κ1) is 69.0. The average Bonchev–Trinajstić information content (AvgIpc) is 3.41. The van der Waals surface area contributed by atoms with Gasteiger partial charge in [0, 0.05) is 19.3 Å². The maximum Gasteiger partial charge on any atom is 0.306 e. The predicted octanol–water partition coefficient (Wildman–Crippen LogP) is 19.6. The first-order chi connectivity index (χ1) is 37.0. The Kier molecular flexibility index (Phi) is 55.7. The zero-order valence-electron chi connectivity index (χ0n) is 47.0. The lowest BCUT2D eigenvalue weighted by molar-refractivity contribution is -0.166. The van der Waals surface area contributed by atoms with Crippen LogP contribution in [-0.2, 0) is 28.6 Å². The molecule has 0 heterocycles. The third-order valence-corrected chi connectivity index (χ3v) is 10.8. The summed E-state index contributed by atoms with van der Waals surface area (Å²) in [6, 6.07) is 0. The molecule has 0 N–H and O–H groups in total. The molecule has 0 rings (SSSR count). The van der Waals surface area contributed by atoms with E-state index in [0.29, 0.717) is 19.3 Å². The van der Waals surface area contributed by atoms with Gasteiger partial charge in [0.25, 0.3) is 0 Å². The molecule has 6 heteroatoms. The highest BCUT2D eigenvalue weighted by Gasteiger charge is 2.19. The van der Waals surface area contributed by atoms with Crippen LogP contribution in [0.2, 0.25) is 0 Å². The Balaban J connectivity index is 4.72. The van der Waals surface area contributed by atoms with Crippen LogP contribution in [0.4, 0.5) is 0 Å². The normalized spacial score (nSPS) is 13.7. The van der Waals surface area contributed by atoms with Crippen molar-refractivity contribution in [3.05, 3.63) is 207 Å². The predicted molar refractivity (Wildman–Crippen MR) is 324 cm³/mol. The van der Waals surface area contributed by atoms with Gasteiger partial charge in [-0.2, -0.15) is 0 Å². The lowest BCUT2D eigenvalue weighted by Crippen LogP contribution is -2.30. The second-order valence-corrected chi connectivity index (χ2v) is 17.7. The molecule has 0 saturated carbocycles. The SMILES string of the molecule is CC/C=C\C/C=C\C/C=C\C/C=C\C/C=C\C/C=C\CCCCC(=O)OCC(COC(=O)CCC/C=C\C/C=C\C/C=C\C/C=C\C/C=C\CC)OC(=O)CC/C=C\C/C=C\C/C=C\C/C=C\C/C=C\C/C=C\CC. The number of esters is 3. The number of rotatable bonds is 48. The molecule has 0 aliphatic rings. The fraction of sp³-hybridized carbons (Fsp3) is 0.464. The first-order valence-corrected chi connectivity index (χ1v) is 28.6. The molecule has 1 unspecified atom stereocenters. The smallest absolute Gasteiger partial charge is 0.306 e. The highest BCUT2D eigenvalue weighted by Crippen LogP contribution is 2.09. The van der Waals surface area contributed by atoms with Gasteiger partial charge in [0.15, 0.2) is 6.10 Å². The summed E-state index contributed by atoms with van der Waals surface area (Å²) in [6.45, 7) is 6.11. The molecule has 0 radical (unpaired) electrons. The van der Waals surface area contributed by atoms with Gasteiger partial charge in [-0.15, -0.1) is 0 Å². The molecule has 0 aromatic rings. The largest absolute Gasteiger partial charge is 0.462 e. The van der Waals surface area contributed by atoms with Crippen molar-refractivity contribution in [2.45, 2.75) is 194 Å². The van der Waals surface area contributed by atoms with Crippen molar-refractivity contribution in [3.63, 3.8) is 0 Å². The molecule has 1 atom stereocenters. The van der Waals surface area contributed by atoms with Gasteiger partial charge < -0.3 is 14.2 Å². The van der Waals surface area contributed by atoms with Crippen molar-refractivity contribution in [2.24, 2.45) is 0 Å². The number of carbonyl (C=O) groups is 3. The van der Waals surface area contributed by atoms with Crippen molar-refractivity contribution < 1.29 is 28.6 Å². The van der Waals surface area contributed by atoms with Crippen LogP contribution >= 0.6 is 0 Å². The molecule has 0 aromatic carbocycles. The van der Waals surface area contributed by atoms with E-state index >= 15 is 0 Å². The van der Waals surface area contributed by atoms with Crippen LogP contribution in [0.25, 0.3) is 0 Å². The van der Waals surface area contributed by atoms with Gasteiger partial charge in [-0.3, -0.25) is 14.4 Å². The minimum Gasteiger partial charge on any atom is -0.462 e. The lowest BCUT2D eigenvalue weighted by Gasteiger charge is -2.18. The monoisotopic (exact) mass is 1020 g/mol. The van der Waals surface area contributed by atoms with E-state index in [1.54, 1.807) is 0 Å². The Morgan fingerprint density at radius 1 is 0.267 bits per heavy atom. The van der Waals surface area contributed by atoms with Crippen molar-refractivity contribution in [2.75, 3.05) is 13.2 Å². The summed E-state index contributed by atoms with van der Waals surface area (Å²) >= 11 is 0. The third kappa shape index (κ3) is 58.7. The molecule has 0 spiro atoms. The molecule has 0 amide bonds. The quantitative estimate of drug-likeness (QED) is 0.0261. The zero-order chi connectivity index (χ0) is 54.3. The molecular formula is C69H100O6. The molecular weight excluding hydrogens is 925 g/mol. The number of carbonyl (C=O) groups excluding carboxylic acids is 3. The van der Waals surface area contributed by atoms with E-state index in [4.69, 9.17) is 14.2 Å². The van der Waals surface area contributed by atoms with Gasteiger partial charge in [-0.05, 0) is 148 Å². The second kappa shape index (κ2) is 60.5. The van der Waals surface area contributed by atoms with Gasteiger partial charge in [-0.1, -0.05) is 227 Å². The van der Waals surface area contributed by atoms with Crippen LogP contribution in [-0.4, -0.2) is 37.2 Å². The highest BCUT2D eigenvalue weighted by molar-refractivity contribution is 5.71. The fourth-order valence-electron chi connectivity index (χ4n) is 6.62. The van der Waals surface area contributed by atoms with E-state index < -0.39 is 12.1 Å². The molecule has 0 saturated heterocycles. The van der Waals surface area contributed by atoms with E-state index in [1.807, 2.05) is 12.2 Å². The topological polar surface area (TPSA) is 78.9 Å². The molecule has 0 aliphatic carbocycles. The summed E-state index contributed by atoms with van der Waals surface area (Å²) in [5.41, 5.74) is 0. The Labute approximate surface area is 458 Å². The maximum absolute atomic E-state index is 12.8. The molecule has 6 nitrogen and oxygen atoms in total. The van der Waals surface area contributed by atoms with Crippen molar-refractivity contribution >= 4 is 17.9 Å². The van der Waals surface area contributed by atoms with Crippen molar-refractivity contribution in [3.8, 4) is 0 Å². The lowest BCUT2D eigenvalue weighted by atomic mass is 10.2. The molecule has 0 aliphatic heterocycles. The van der Waals surface area contributed by atoms with Crippen LogP contribution < -0.4 is 0 Å². The summed E-state index contributed by atoms with van der Waals surface area (Å²) in [6.07, 6.45) is 94.0. The van der Waals surface area contributed by atoms with E-state index in [-0.39, 0.29) is 44.4 Å². The Hall–Kier alpha value is -6.01. The van der Waals surface area contributed by atoms with Crippen LogP contribution in [0.15, 0.2) is 207 Å². The first-order valence-electron chi connectivity index (χ1n) is 28.6. The summed E-state index contributed by atoms with van der Waals surface area (Å²) < 4.78 is 16.7. The van der Waals surface area contributed by atoms with Gasteiger partial charge >= 0.3 is 17.9 Å². The second-order valence-electron chi connectivity index (χ2n) is 17.7. The molecule has 0 bridgehead atoms. The Bertz CT molecular complexity index is 1900. The number of hydrogen-bond acceptors (Lipinski definition) is 6. The Morgan fingerprint density at radius 2 is 0.507 bits per heavy atom. The fourth-order valence-corrected chi connectivity index (χ4v) is 6.62. The minimum absolute atomic E-state index is 0.162. The number of allylic oxidation sites excluding steroid dienone is 34. The summed E-state index contributed by atoms with van der Waals surface area (Å²) in [7, 11) is 0. The summed E-state index contributed by atoms with van der Waals surface area (Å²) in [5, 5.41) is 0. The Morgan fingerprint density at radius 3 is 0.800 bits per heavy atom. The molecule has 75 heavy (non-hydrogen) atoms. The number of unbranched alkanes of at least 4 members (excludes halogenated alkanes) is 3. The maximum atomic E-state index is 12.8. The molecule has 412 valence electrons. The van der Waals surface area contributed by atoms with E-state index in [9.17, 15) is 14.4 Å². The molecule has 0 fully saturated rings. The van der Waals surface area contributed by atoms with Crippen molar-refractivity contribution in [1.29, 1.82) is 0 Å². The van der Waals surface area contributed by atoms with Crippen LogP contribution in [0, 0.1) is 0 Å². The molecule has 0 aromatic heterocycles. The van der Waals surface area contributed by atoms with Gasteiger partial charge in [0.05, 0.1) is 0 Å².